The summed E-state index contributed by atoms with van der Waals surface area (Å²) < 4.78 is 0.992. The Morgan fingerprint density at radius 2 is 1.50 bits per heavy atom. The minimum Gasteiger partial charge on any atom is -1.00 e. The van der Waals surface area contributed by atoms with Gasteiger partial charge in [0.05, 0.1) is 39.0 Å². The third-order valence-electron chi connectivity index (χ3n) is 3.32. The Balaban J connectivity index is 0.00000121. The highest BCUT2D eigenvalue weighted by molar-refractivity contribution is 5.79. The predicted octanol–water partition coefficient (Wildman–Crippen LogP) is -1.79. The van der Waals surface area contributed by atoms with E-state index in [0.29, 0.717) is 17.9 Å². The first kappa shape index (κ1) is 12.4. The van der Waals surface area contributed by atoms with Gasteiger partial charge in [0.25, 0.3) is 0 Å². The second-order valence-electron chi connectivity index (χ2n) is 4.27. The Morgan fingerprint density at radius 3 is 1.83 bits per heavy atom. The maximum absolute atomic E-state index is 11.2. The van der Waals surface area contributed by atoms with Crippen molar-refractivity contribution >= 4 is 5.78 Å². The van der Waals surface area contributed by atoms with Gasteiger partial charge >= 0.3 is 0 Å². The zero-order valence-electron chi connectivity index (χ0n) is 8.30. The summed E-state index contributed by atoms with van der Waals surface area (Å²) in [6.45, 7) is 4.32. The lowest BCUT2D eigenvalue weighted by atomic mass is 9.94. The monoisotopic (exact) mass is 283 g/mol. The molecule has 72 valence electrons. The molecule has 0 amide bonds. The zero-order chi connectivity index (χ0) is 8.65. The zero-order valence-corrected chi connectivity index (χ0v) is 10.5. The van der Waals surface area contributed by atoms with Gasteiger partial charge in [-0.25, -0.2) is 0 Å². The van der Waals surface area contributed by atoms with Crippen LogP contribution in [0.1, 0.15) is 26.7 Å². The van der Waals surface area contributed by atoms with E-state index in [9.17, 15) is 4.79 Å². The van der Waals surface area contributed by atoms with E-state index in [1.807, 2.05) is 0 Å². The Morgan fingerprint density at radius 1 is 1.17 bits per heavy atom. The molecule has 0 spiro atoms. The SMILES string of the molecule is CC1CC(=O)CC(C)[N+]1(C)C.[I-]. The number of hydrogen-bond donors (Lipinski definition) is 0. The van der Waals surface area contributed by atoms with Gasteiger partial charge in [0.1, 0.15) is 5.78 Å². The van der Waals surface area contributed by atoms with Crippen molar-refractivity contribution in [1.82, 2.24) is 0 Å². The van der Waals surface area contributed by atoms with E-state index < -0.39 is 0 Å². The van der Waals surface area contributed by atoms with Gasteiger partial charge in [0, 0.05) is 0 Å². The molecule has 1 fully saturated rings. The Bertz CT molecular complexity index is 163. The molecular formula is C9H18INO. The van der Waals surface area contributed by atoms with Crippen LogP contribution >= 0.6 is 0 Å². The molecule has 1 rings (SSSR count). The number of ketones is 1. The van der Waals surface area contributed by atoms with Crippen molar-refractivity contribution in [3.63, 3.8) is 0 Å². The van der Waals surface area contributed by atoms with Crippen LogP contribution in [0.4, 0.5) is 0 Å². The van der Waals surface area contributed by atoms with Crippen molar-refractivity contribution in [3.8, 4) is 0 Å². The van der Waals surface area contributed by atoms with Gasteiger partial charge in [-0.1, -0.05) is 0 Å². The maximum Gasteiger partial charge on any atom is 0.144 e. The van der Waals surface area contributed by atoms with E-state index in [2.05, 4.69) is 27.9 Å². The highest BCUT2D eigenvalue weighted by Gasteiger charge is 2.37. The van der Waals surface area contributed by atoms with Crippen molar-refractivity contribution < 1.29 is 33.3 Å². The van der Waals surface area contributed by atoms with Crippen molar-refractivity contribution in [2.45, 2.75) is 38.8 Å². The van der Waals surface area contributed by atoms with Gasteiger partial charge in [-0.2, -0.15) is 0 Å². The Labute approximate surface area is 91.9 Å². The number of hydrogen-bond acceptors (Lipinski definition) is 1. The van der Waals surface area contributed by atoms with Gasteiger partial charge in [-0.3, -0.25) is 4.79 Å². The minimum absolute atomic E-state index is 0. The molecule has 0 saturated carbocycles. The largest absolute Gasteiger partial charge is 1.00 e. The molecule has 1 aliphatic rings. The summed E-state index contributed by atoms with van der Waals surface area (Å²) in [5.41, 5.74) is 0. The molecule has 0 aromatic rings. The molecule has 1 saturated heterocycles. The van der Waals surface area contributed by atoms with Crippen LogP contribution in [0.2, 0.25) is 0 Å². The quantitative estimate of drug-likeness (QED) is 0.379. The summed E-state index contributed by atoms with van der Waals surface area (Å²) in [6.07, 6.45) is 1.52. The predicted molar refractivity (Wildman–Crippen MR) is 45.3 cm³/mol. The van der Waals surface area contributed by atoms with Crippen molar-refractivity contribution in [2.24, 2.45) is 0 Å². The molecule has 0 aromatic carbocycles. The molecule has 12 heavy (non-hydrogen) atoms. The normalized spacial score (nSPS) is 34.2. The van der Waals surface area contributed by atoms with Crippen LogP contribution in [-0.2, 0) is 4.79 Å². The standard InChI is InChI=1S/C9H18NO.HI/c1-7-5-9(11)6-8(2)10(7,3)4;/h7-8H,5-6H2,1-4H3;1H/q+1;/p-1. The highest BCUT2D eigenvalue weighted by Crippen LogP contribution is 2.24. The number of likely N-dealkylation sites (tertiary alicyclic amines) is 1. The lowest BCUT2D eigenvalue weighted by molar-refractivity contribution is -0.936. The fourth-order valence-electron chi connectivity index (χ4n) is 1.65. The highest BCUT2D eigenvalue weighted by atomic mass is 127. The summed E-state index contributed by atoms with van der Waals surface area (Å²) >= 11 is 0. The smallest absolute Gasteiger partial charge is 0.144 e. The van der Waals surface area contributed by atoms with Crippen LogP contribution in [0.25, 0.3) is 0 Å². The average Bonchev–Trinajstić information content (AvgIpc) is 1.84. The van der Waals surface area contributed by atoms with Crippen LogP contribution in [0.15, 0.2) is 0 Å². The van der Waals surface area contributed by atoms with Gasteiger partial charge < -0.3 is 28.5 Å². The molecule has 2 unspecified atom stereocenters. The number of carbonyl (C=O) groups is 1. The van der Waals surface area contributed by atoms with Gasteiger partial charge in [-0.15, -0.1) is 0 Å². The lowest BCUT2D eigenvalue weighted by Gasteiger charge is -2.44. The molecule has 3 heteroatoms. The van der Waals surface area contributed by atoms with Crippen molar-refractivity contribution in [2.75, 3.05) is 14.1 Å². The van der Waals surface area contributed by atoms with E-state index >= 15 is 0 Å². The van der Waals surface area contributed by atoms with E-state index in [-0.39, 0.29) is 24.0 Å². The second kappa shape index (κ2) is 4.05. The lowest BCUT2D eigenvalue weighted by Crippen LogP contribution is -3.00. The summed E-state index contributed by atoms with van der Waals surface area (Å²) in [6, 6.07) is 0.984. The van der Waals surface area contributed by atoms with Crippen LogP contribution in [0.3, 0.4) is 0 Å². The average molecular weight is 283 g/mol. The third kappa shape index (κ3) is 2.19. The molecule has 1 heterocycles. The first-order chi connectivity index (χ1) is 4.94. The molecule has 0 radical (unpaired) electrons. The molecule has 0 aliphatic carbocycles. The fourth-order valence-corrected chi connectivity index (χ4v) is 1.65. The van der Waals surface area contributed by atoms with Crippen LogP contribution in [-0.4, -0.2) is 36.4 Å². The van der Waals surface area contributed by atoms with E-state index in [1.165, 1.54) is 0 Å². The third-order valence-corrected chi connectivity index (χ3v) is 3.32. The maximum atomic E-state index is 11.2. The van der Waals surface area contributed by atoms with Crippen LogP contribution in [0.5, 0.6) is 0 Å². The number of rotatable bonds is 0. The van der Waals surface area contributed by atoms with Crippen molar-refractivity contribution in [3.05, 3.63) is 0 Å². The van der Waals surface area contributed by atoms with Crippen LogP contribution < -0.4 is 24.0 Å². The topological polar surface area (TPSA) is 17.1 Å². The molecule has 0 bridgehead atoms. The number of carbonyl (C=O) groups excluding carboxylic acids is 1. The van der Waals surface area contributed by atoms with Gasteiger partial charge in [-0.05, 0) is 13.8 Å². The number of piperidine rings is 1. The summed E-state index contributed by atoms with van der Waals surface area (Å²) in [5, 5.41) is 0. The van der Waals surface area contributed by atoms with E-state index in [4.69, 9.17) is 0 Å². The summed E-state index contributed by atoms with van der Waals surface area (Å²) in [4.78, 5) is 11.2. The molecule has 2 nitrogen and oxygen atoms in total. The Kier molecular flexibility index (Phi) is 4.17. The van der Waals surface area contributed by atoms with E-state index in [1.54, 1.807) is 0 Å². The number of halogens is 1. The molecule has 1 aliphatic heterocycles. The molecule has 0 N–H and O–H groups in total. The number of quaternary nitrogens is 1. The molecule has 2 atom stereocenters. The first-order valence-electron chi connectivity index (χ1n) is 4.29. The minimum atomic E-state index is 0. The molecule has 0 aromatic heterocycles. The fraction of sp³-hybridized carbons (Fsp3) is 0.889. The second-order valence-corrected chi connectivity index (χ2v) is 4.27. The van der Waals surface area contributed by atoms with E-state index in [0.717, 1.165) is 17.3 Å². The number of Topliss-reactive ketones (excluding diaryl/α,β-unsaturated/α-hetero) is 1. The Hall–Kier alpha value is 0.360. The van der Waals surface area contributed by atoms with Crippen molar-refractivity contribution in [1.29, 1.82) is 0 Å². The molecular weight excluding hydrogens is 265 g/mol. The summed E-state index contributed by atoms with van der Waals surface area (Å²) in [5.74, 6) is 0.433. The van der Waals surface area contributed by atoms with Gasteiger partial charge in [0.15, 0.2) is 0 Å². The first-order valence-corrected chi connectivity index (χ1v) is 4.29. The van der Waals surface area contributed by atoms with Gasteiger partial charge in [0.2, 0.25) is 0 Å². The van der Waals surface area contributed by atoms with Crippen LogP contribution in [0, 0.1) is 0 Å². The summed E-state index contributed by atoms with van der Waals surface area (Å²) in [7, 11) is 4.42. The number of nitrogens with zero attached hydrogens (tertiary/aromatic N) is 1.